The maximum absolute atomic E-state index is 5.58. The molecule has 4 nitrogen and oxygen atoms in total. The largest absolute Gasteiger partial charge is 0.339 e. The van der Waals surface area contributed by atoms with E-state index in [0.29, 0.717) is 11.8 Å². The molecule has 1 atom stereocenters. The molecule has 0 saturated carbocycles. The van der Waals surface area contributed by atoms with Gasteiger partial charge >= 0.3 is 0 Å². The van der Waals surface area contributed by atoms with Gasteiger partial charge in [-0.15, -0.1) is 0 Å². The standard InChI is InChI=1S/C17H23N3O/c1-12(8-9-18)6-7-16-19-17(20-21-16)15-10-13-4-2-3-5-14(13)11-15/h2-5,12,15H,6-11,18H2,1H3. The number of fused-ring (bicyclic) bond motifs is 1. The van der Waals surface area contributed by atoms with Crippen LogP contribution in [-0.2, 0) is 19.3 Å². The van der Waals surface area contributed by atoms with Crippen molar-refractivity contribution in [2.24, 2.45) is 11.7 Å². The van der Waals surface area contributed by atoms with Gasteiger partial charge in [0.1, 0.15) is 0 Å². The van der Waals surface area contributed by atoms with E-state index >= 15 is 0 Å². The lowest BCUT2D eigenvalue weighted by Gasteiger charge is -2.06. The van der Waals surface area contributed by atoms with Gasteiger partial charge in [-0.05, 0) is 49.3 Å². The van der Waals surface area contributed by atoms with Gasteiger partial charge in [0.15, 0.2) is 5.82 Å². The first kappa shape index (κ1) is 14.3. The third-order valence-electron chi connectivity index (χ3n) is 4.41. The van der Waals surface area contributed by atoms with E-state index in [-0.39, 0.29) is 0 Å². The molecule has 1 unspecified atom stereocenters. The maximum atomic E-state index is 5.58. The summed E-state index contributed by atoms with van der Waals surface area (Å²) >= 11 is 0. The van der Waals surface area contributed by atoms with Crippen molar-refractivity contribution in [1.82, 2.24) is 10.1 Å². The maximum Gasteiger partial charge on any atom is 0.226 e. The first-order chi connectivity index (χ1) is 10.3. The zero-order valence-corrected chi connectivity index (χ0v) is 12.6. The van der Waals surface area contributed by atoms with E-state index in [1.54, 1.807) is 0 Å². The second-order valence-corrected chi connectivity index (χ2v) is 6.14. The third-order valence-corrected chi connectivity index (χ3v) is 4.41. The van der Waals surface area contributed by atoms with Gasteiger partial charge < -0.3 is 10.3 Å². The van der Waals surface area contributed by atoms with Crippen LogP contribution in [0.2, 0.25) is 0 Å². The summed E-state index contributed by atoms with van der Waals surface area (Å²) in [5.41, 5.74) is 8.42. The van der Waals surface area contributed by atoms with E-state index in [0.717, 1.165) is 50.4 Å². The first-order valence-electron chi connectivity index (χ1n) is 7.85. The van der Waals surface area contributed by atoms with Gasteiger partial charge in [0.05, 0.1) is 0 Å². The third kappa shape index (κ3) is 3.32. The summed E-state index contributed by atoms with van der Waals surface area (Å²) in [7, 11) is 0. The molecule has 21 heavy (non-hydrogen) atoms. The lowest BCUT2D eigenvalue weighted by Crippen LogP contribution is -2.06. The molecule has 0 bridgehead atoms. The molecule has 0 saturated heterocycles. The Morgan fingerprint density at radius 2 is 1.95 bits per heavy atom. The van der Waals surface area contributed by atoms with Crippen LogP contribution in [0.1, 0.15) is 48.5 Å². The molecule has 0 aliphatic heterocycles. The van der Waals surface area contributed by atoms with E-state index in [1.807, 2.05) is 0 Å². The Labute approximate surface area is 125 Å². The van der Waals surface area contributed by atoms with Gasteiger partial charge in [-0.3, -0.25) is 0 Å². The van der Waals surface area contributed by atoms with Crippen LogP contribution >= 0.6 is 0 Å². The van der Waals surface area contributed by atoms with Crippen molar-refractivity contribution < 1.29 is 4.52 Å². The van der Waals surface area contributed by atoms with Crippen LogP contribution in [0.25, 0.3) is 0 Å². The molecule has 2 N–H and O–H groups in total. The molecule has 1 heterocycles. The normalized spacial score (nSPS) is 16.1. The SMILES string of the molecule is CC(CCN)CCc1nc(C2Cc3ccccc3C2)no1. The van der Waals surface area contributed by atoms with Crippen molar-refractivity contribution in [3.05, 3.63) is 47.1 Å². The predicted molar refractivity (Wildman–Crippen MR) is 82.0 cm³/mol. The van der Waals surface area contributed by atoms with Gasteiger partial charge in [0.25, 0.3) is 0 Å². The number of aromatic nitrogens is 2. The second kappa shape index (κ2) is 6.39. The van der Waals surface area contributed by atoms with Gasteiger partial charge in [0.2, 0.25) is 5.89 Å². The monoisotopic (exact) mass is 285 g/mol. The molecule has 4 heteroatoms. The summed E-state index contributed by atoms with van der Waals surface area (Å²) in [5, 5.41) is 4.19. The van der Waals surface area contributed by atoms with Crippen LogP contribution < -0.4 is 5.73 Å². The Bertz CT molecular complexity index is 568. The lowest BCUT2D eigenvalue weighted by molar-refractivity contribution is 0.356. The summed E-state index contributed by atoms with van der Waals surface area (Å²) in [6.45, 7) is 2.97. The Morgan fingerprint density at radius 1 is 1.24 bits per heavy atom. The minimum absolute atomic E-state index is 0.376. The van der Waals surface area contributed by atoms with Gasteiger partial charge in [0, 0.05) is 12.3 Å². The molecule has 0 radical (unpaired) electrons. The summed E-state index contributed by atoms with van der Waals surface area (Å²) in [5.74, 6) is 2.62. The van der Waals surface area contributed by atoms with E-state index in [1.165, 1.54) is 11.1 Å². The van der Waals surface area contributed by atoms with Crippen LogP contribution in [0.5, 0.6) is 0 Å². The molecule has 1 aliphatic rings. The zero-order chi connectivity index (χ0) is 14.7. The fourth-order valence-corrected chi connectivity index (χ4v) is 3.08. The number of aryl methyl sites for hydroxylation is 1. The number of rotatable bonds is 6. The quantitative estimate of drug-likeness (QED) is 0.886. The van der Waals surface area contributed by atoms with Crippen LogP contribution in [0, 0.1) is 5.92 Å². The molecule has 112 valence electrons. The Morgan fingerprint density at radius 3 is 2.62 bits per heavy atom. The van der Waals surface area contributed by atoms with Crippen LogP contribution in [0.4, 0.5) is 0 Å². The average molecular weight is 285 g/mol. The number of nitrogens with two attached hydrogens (primary N) is 1. The zero-order valence-electron chi connectivity index (χ0n) is 12.6. The van der Waals surface area contributed by atoms with Crippen molar-refractivity contribution in [3.8, 4) is 0 Å². The Balaban J connectivity index is 1.59. The fourth-order valence-electron chi connectivity index (χ4n) is 3.08. The highest BCUT2D eigenvalue weighted by atomic mass is 16.5. The molecule has 1 aliphatic carbocycles. The minimum Gasteiger partial charge on any atom is -0.339 e. The van der Waals surface area contributed by atoms with E-state index < -0.39 is 0 Å². The highest BCUT2D eigenvalue weighted by Gasteiger charge is 2.26. The predicted octanol–water partition coefficient (Wildman–Crippen LogP) is 2.87. The molecular weight excluding hydrogens is 262 g/mol. The molecule has 1 aromatic heterocycles. The second-order valence-electron chi connectivity index (χ2n) is 6.14. The number of hydrogen-bond donors (Lipinski definition) is 1. The molecule has 0 spiro atoms. The highest BCUT2D eigenvalue weighted by molar-refractivity contribution is 5.34. The van der Waals surface area contributed by atoms with Crippen molar-refractivity contribution in [2.45, 2.75) is 44.9 Å². The first-order valence-corrected chi connectivity index (χ1v) is 7.85. The van der Waals surface area contributed by atoms with Crippen molar-refractivity contribution >= 4 is 0 Å². The van der Waals surface area contributed by atoms with Gasteiger partial charge in [-0.2, -0.15) is 4.98 Å². The van der Waals surface area contributed by atoms with Crippen LogP contribution in [-0.4, -0.2) is 16.7 Å². The Hall–Kier alpha value is -1.68. The van der Waals surface area contributed by atoms with Gasteiger partial charge in [-0.25, -0.2) is 0 Å². The van der Waals surface area contributed by atoms with E-state index in [4.69, 9.17) is 10.3 Å². The molecule has 1 aromatic carbocycles. The number of hydrogen-bond acceptors (Lipinski definition) is 4. The minimum atomic E-state index is 0.376. The van der Waals surface area contributed by atoms with Gasteiger partial charge in [-0.1, -0.05) is 36.3 Å². The topological polar surface area (TPSA) is 64.9 Å². The lowest BCUT2D eigenvalue weighted by atomic mass is 10.0. The van der Waals surface area contributed by atoms with Crippen molar-refractivity contribution in [1.29, 1.82) is 0 Å². The summed E-state index contributed by atoms with van der Waals surface area (Å²) in [6, 6.07) is 8.60. The van der Waals surface area contributed by atoms with Crippen LogP contribution in [0.3, 0.4) is 0 Å². The Kier molecular flexibility index (Phi) is 4.34. The molecule has 3 rings (SSSR count). The summed E-state index contributed by atoms with van der Waals surface area (Å²) in [4.78, 5) is 4.60. The highest BCUT2D eigenvalue weighted by Crippen LogP contribution is 2.32. The molecule has 0 amide bonds. The molecule has 2 aromatic rings. The fraction of sp³-hybridized carbons (Fsp3) is 0.529. The van der Waals surface area contributed by atoms with E-state index in [9.17, 15) is 0 Å². The average Bonchev–Trinajstić information content (AvgIpc) is 3.11. The van der Waals surface area contributed by atoms with Crippen LogP contribution in [0.15, 0.2) is 28.8 Å². The number of nitrogens with zero attached hydrogens (tertiary/aromatic N) is 2. The summed E-state index contributed by atoms with van der Waals surface area (Å²) < 4.78 is 5.41. The van der Waals surface area contributed by atoms with Crippen molar-refractivity contribution in [2.75, 3.05) is 6.54 Å². The van der Waals surface area contributed by atoms with Crippen molar-refractivity contribution in [3.63, 3.8) is 0 Å². The smallest absolute Gasteiger partial charge is 0.226 e. The van der Waals surface area contributed by atoms with E-state index in [2.05, 4.69) is 41.3 Å². The summed E-state index contributed by atoms with van der Waals surface area (Å²) in [6.07, 6.45) is 5.02. The number of benzene rings is 1. The molecule has 0 fully saturated rings. The molecular formula is C17H23N3O.